The molecule has 31 heteroatoms. The molecule has 46 heavy (non-hydrogen) atoms. The van der Waals surface area contributed by atoms with Crippen molar-refractivity contribution in [1.29, 1.82) is 0 Å². The lowest BCUT2D eigenvalue weighted by Crippen LogP contribution is -2.71. The molecular formula is C15H5F27O4. The van der Waals surface area contributed by atoms with E-state index in [-0.39, 0.29) is 0 Å². The van der Waals surface area contributed by atoms with Crippen LogP contribution in [0, 0.1) is 0 Å². The summed E-state index contributed by atoms with van der Waals surface area (Å²) in [6, 6.07) is 0. The summed E-state index contributed by atoms with van der Waals surface area (Å²) in [5.41, 5.74) is 0. The smallest absolute Gasteiger partial charge is 0.262 e. The van der Waals surface area contributed by atoms with Crippen LogP contribution in [0.25, 0.3) is 0 Å². The minimum absolute atomic E-state index is 0.978. The Balaban J connectivity index is 7.17. The zero-order valence-electron chi connectivity index (χ0n) is 20.0. The highest BCUT2D eigenvalue weighted by Crippen LogP contribution is 2.61. The Labute approximate surface area is 231 Å². The molecule has 0 fully saturated rings. The molecule has 0 heterocycles. The summed E-state index contributed by atoms with van der Waals surface area (Å²) < 4.78 is 361. The van der Waals surface area contributed by atoms with Crippen LogP contribution in [0.2, 0.25) is 0 Å². The molecule has 0 aliphatic rings. The Kier molecular flexibility index (Phi) is 11.0. The normalized spacial score (nSPS) is 18.8. The molecule has 0 amide bonds. The van der Waals surface area contributed by atoms with Crippen molar-refractivity contribution in [2.75, 3.05) is 6.67 Å². The third-order valence-corrected chi connectivity index (χ3v) is 4.34. The van der Waals surface area contributed by atoms with Gasteiger partial charge in [0.2, 0.25) is 0 Å². The summed E-state index contributed by atoms with van der Waals surface area (Å²) >= 11 is 0. The van der Waals surface area contributed by atoms with Crippen molar-refractivity contribution in [2.45, 2.75) is 85.4 Å². The third kappa shape index (κ3) is 7.48. The molecule has 0 N–H and O–H groups in total. The largest absolute Gasteiger partial charge is 0.458 e. The number of rotatable bonds is 15. The van der Waals surface area contributed by atoms with Gasteiger partial charge >= 0.3 is 78.5 Å². The van der Waals surface area contributed by atoms with E-state index in [1.807, 2.05) is 0 Å². The van der Waals surface area contributed by atoms with Gasteiger partial charge in [0.05, 0.1) is 0 Å². The Hall–Kier alpha value is -2.05. The summed E-state index contributed by atoms with van der Waals surface area (Å²) in [7, 11) is 0. The van der Waals surface area contributed by atoms with Crippen molar-refractivity contribution in [1.82, 2.24) is 0 Å². The lowest BCUT2D eigenvalue weighted by atomic mass is 10.1. The maximum Gasteiger partial charge on any atom is 0.458 e. The molecule has 0 saturated carbocycles. The zero-order chi connectivity index (χ0) is 38.0. The first-order valence-corrected chi connectivity index (χ1v) is 9.67. The number of hydrogen-bond acceptors (Lipinski definition) is 4. The van der Waals surface area contributed by atoms with Crippen LogP contribution in [0.15, 0.2) is 0 Å². The molecule has 0 radical (unpaired) electrons. The van der Waals surface area contributed by atoms with Crippen molar-refractivity contribution < 1.29 is 137 Å². The molecule has 0 aliphatic carbocycles. The third-order valence-electron chi connectivity index (χ3n) is 4.34. The van der Waals surface area contributed by atoms with Gasteiger partial charge in [0.25, 0.3) is 0 Å². The molecule has 0 aromatic heterocycles. The SMILES string of the molecule is CC(F)(F)C(F)(F)OC(F)(F)C(F)(OC(F)(F)C(F)(F)C(F)(F)C(F)(F)OC(F)(C(F)(F)F)C(F)(F)OC(F)(F)CF)C(F)(F)F. The van der Waals surface area contributed by atoms with Gasteiger partial charge in [-0.15, -0.1) is 0 Å². The molecule has 0 aliphatic heterocycles. The van der Waals surface area contributed by atoms with Gasteiger partial charge in [0.15, 0.2) is 6.67 Å². The van der Waals surface area contributed by atoms with E-state index < -0.39 is 92.1 Å². The van der Waals surface area contributed by atoms with Crippen molar-refractivity contribution in [3.8, 4) is 0 Å². The average Bonchev–Trinajstić information content (AvgIpc) is 2.74. The zero-order valence-corrected chi connectivity index (χ0v) is 20.0. The summed E-state index contributed by atoms with van der Waals surface area (Å²) in [5.74, 6) is -41.6. The summed E-state index contributed by atoms with van der Waals surface area (Å²) in [6.45, 7) is -5.01. The molecule has 4 nitrogen and oxygen atoms in total. The van der Waals surface area contributed by atoms with Gasteiger partial charge in [-0.3, -0.25) is 9.47 Å². The summed E-state index contributed by atoms with van der Waals surface area (Å²) in [6.07, 6.45) is -64.4. The quantitative estimate of drug-likeness (QED) is 0.156. The van der Waals surface area contributed by atoms with E-state index in [0.29, 0.717) is 0 Å². The van der Waals surface area contributed by atoms with Crippen LogP contribution < -0.4 is 0 Å². The minimum atomic E-state index is -9.18. The molecule has 0 saturated heterocycles. The predicted octanol–water partition coefficient (Wildman–Crippen LogP) is 8.96. The van der Waals surface area contributed by atoms with E-state index in [2.05, 4.69) is 0 Å². The molecule has 2 atom stereocenters. The fraction of sp³-hybridized carbons (Fsp3) is 1.00. The van der Waals surface area contributed by atoms with E-state index in [9.17, 15) is 119 Å². The van der Waals surface area contributed by atoms with Gasteiger partial charge < -0.3 is 0 Å². The van der Waals surface area contributed by atoms with E-state index in [1.54, 1.807) is 0 Å². The number of ether oxygens (including phenoxy) is 4. The lowest BCUT2D eigenvalue weighted by Gasteiger charge is -2.42. The second-order valence-electron chi connectivity index (χ2n) is 7.99. The first-order chi connectivity index (χ1) is 19.4. The van der Waals surface area contributed by atoms with Crippen LogP contribution in [0.3, 0.4) is 0 Å². The molecule has 0 aromatic rings. The fourth-order valence-electron chi connectivity index (χ4n) is 2.01. The first-order valence-electron chi connectivity index (χ1n) is 9.67. The maximum atomic E-state index is 14.0. The topological polar surface area (TPSA) is 36.9 Å². The Bertz CT molecular complexity index is 1060. The van der Waals surface area contributed by atoms with Crippen LogP contribution >= 0.6 is 0 Å². The Morgan fingerprint density at radius 3 is 0.826 bits per heavy atom. The summed E-state index contributed by atoms with van der Waals surface area (Å²) in [4.78, 5) is 0. The fourth-order valence-corrected chi connectivity index (χ4v) is 2.01. The highest BCUT2D eigenvalue weighted by atomic mass is 19.4. The second kappa shape index (κ2) is 11.5. The van der Waals surface area contributed by atoms with E-state index >= 15 is 0 Å². The van der Waals surface area contributed by atoms with Crippen molar-refractivity contribution in [3.63, 3.8) is 0 Å². The van der Waals surface area contributed by atoms with E-state index in [1.165, 1.54) is 9.47 Å². The van der Waals surface area contributed by atoms with Crippen LogP contribution in [0.1, 0.15) is 6.92 Å². The van der Waals surface area contributed by atoms with Crippen LogP contribution in [-0.4, -0.2) is 85.2 Å². The number of hydrogen-bond donors (Lipinski definition) is 0. The van der Waals surface area contributed by atoms with Crippen molar-refractivity contribution in [2.24, 2.45) is 0 Å². The van der Waals surface area contributed by atoms with Gasteiger partial charge in [0.1, 0.15) is 0 Å². The predicted molar refractivity (Wildman–Crippen MR) is 80.3 cm³/mol. The summed E-state index contributed by atoms with van der Waals surface area (Å²) in [5, 5.41) is 0. The Morgan fingerprint density at radius 1 is 0.348 bits per heavy atom. The van der Waals surface area contributed by atoms with E-state index in [0.717, 1.165) is 9.47 Å². The minimum Gasteiger partial charge on any atom is -0.262 e. The number of alkyl halides is 27. The number of halogens is 27. The van der Waals surface area contributed by atoms with Gasteiger partial charge in [-0.1, -0.05) is 0 Å². The molecule has 278 valence electrons. The molecular weight excluding hydrogens is 757 g/mol. The Morgan fingerprint density at radius 2 is 0.609 bits per heavy atom. The van der Waals surface area contributed by atoms with Gasteiger partial charge in [0, 0.05) is 6.92 Å². The molecule has 0 rings (SSSR count). The first kappa shape index (κ1) is 43.9. The second-order valence-corrected chi connectivity index (χ2v) is 7.99. The van der Waals surface area contributed by atoms with Gasteiger partial charge in [-0.25, -0.2) is 13.9 Å². The lowest BCUT2D eigenvalue weighted by molar-refractivity contribution is -0.573. The van der Waals surface area contributed by atoms with Crippen LogP contribution in [0.5, 0.6) is 0 Å². The standard InChI is InChI=1S/C15H5F27O4/c1-3(17,18)11(33,34)46-15(41,42)8(26,10(30,31)32)45-13(37,38)6(23,24)5(21,22)12(35,36)44-7(25,9(27,28)29)14(39,40)43-4(19,20)2-16/h2H2,1H3. The van der Waals surface area contributed by atoms with Gasteiger partial charge in [-0.2, -0.15) is 114 Å². The van der Waals surface area contributed by atoms with Gasteiger partial charge in [-0.05, 0) is 0 Å². The average molecular weight is 762 g/mol. The highest BCUT2D eigenvalue weighted by molar-refractivity contribution is 5.02. The van der Waals surface area contributed by atoms with Crippen molar-refractivity contribution >= 4 is 0 Å². The maximum absolute atomic E-state index is 14.0. The molecule has 0 spiro atoms. The van der Waals surface area contributed by atoms with Crippen molar-refractivity contribution in [3.05, 3.63) is 0 Å². The molecule has 2 unspecified atom stereocenters. The monoisotopic (exact) mass is 762 g/mol. The molecule has 0 bridgehead atoms. The highest BCUT2D eigenvalue weighted by Gasteiger charge is 2.90. The van der Waals surface area contributed by atoms with Crippen LogP contribution in [-0.2, 0) is 18.9 Å². The van der Waals surface area contributed by atoms with E-state index in [4.69, 9.17) is 0 Å². The van der Waals surface area contributed by atoms with Crippen LogP contribution in [0.4, 0.5) is 119 Å². The molecule has 0 aromatic carbocycles.